The SMILES string of the molecule is Cc1ccc(C(=O)Nc2cccc3c2C(=O)N(c2ccccc2)C3=O)c(Cl)c1. The van der Waals surface area contributed by atoms with Crippen LogP contribution in [0.4, 0.5) is 11.4 Å². The first-order valence-corrected chi connectivity index (χ1v) is 8.99. The third-order valence-corrected chi connectivity index (χ3v) is 4.86. The molecule has 4 rings (SSSR count). The van der Waals surface area contributed by atoms with Crippen molar-refractivity contribution in [3.63, 3.8) is 0 Å². The fourth-order valence-electron chi connectivity index (χ4n) is 3.20. The molecule has 6 heteroatoms. The van der Waals surface area contributed by atoms with E-state index in [1.807, 2.05) is 6.92 Å². The highest BCUT2D eigenvalue weighted by Crippen LogP contribution is 2.33. The number of benzene rings is 3. The average Bonchev–Trinajstić information content (AvgIpc) is 2.94. The standard InChI is InChI=1S/C22H15ClN2O3/c1-13-10-11-15(17(23)12-13)20(26)24-18-9-5-8-16-19(18)22(28)25(21(16)27)14-6-3-2-4-7-14/h2-12H,1H3,(H,24,26). The van der Waals surface area contributed by atoms with E-state index in [1.54, 1.807) is 66.7 Å². The molecule has 1 heterocycles. The highest BCUT2D eigenvalue weighted by atomic mass is 35.5. The summed E-state index contributed by atoms with van der Waals surface area (Å²) < 4.78 is 0. The van der Waals surface area contributed by atoms with E-state index in [-0.39, 0.29) is 16.8 Å². The molecule has 3 amide bonds. The van der Waals surface area contributed by atoms with Gasteiger partial charge in [-0.1, -0.05) is 41.9 Å². The van der Waals surface area contributed by atoms with Gasteiger partial charge in [0.1, 0.15) is 0 Å². The van der Waals surface area contributed by atoms with Gasteiger partial charge in [-0.3, -0.25) is 14.4 Å². The second-order valence-electron chi connectivity index (χ2n) is 6.45. The number of halogens is 1. The number of rotatable bonds is 3. The van der Waals surface area contributed by atoms with Gasteiger partial charge in [-0.05, 0) is 48.9 Å². The maximum absolute atomic E-state index is 13.0. The minimum atomic E-state index is -0.475. The first kappa shape index (κ1) is 17.9. The number of carbonyl (C=O) groups is 3. The molecule has 0 radical (unpaired) electrons. The van der Waals surface area contributed by atoms with Crippen LogP contribution in [0.25, 0.3) is 0 Å². The normalized spacial score (nSPS) is 12.9. The quantitative estimate of drug-likeness (QED) is 0.659. The Morgan fingerprint density at radius 2 is 1.68 bits per heavy atom. The molecule has 1 aliphatic heterocycles. The van der Waals surface area contributed by atoms with Crippen molar-refractivity contribution in [1.29, 1.82) is 0 Å². The first-order valence-electron chi connectivity index (χ1n) is 8.61. The Morgan fingerprint density at radius 3 is 2.39 bits per heavy atom. The van der Waals surface area contributed by atoms with Crippen molar-refractivity contribution in [1.82, 2.24) is 0 Å². The van der Waals surface area contributed by atoms with E-state index >= 15 is 0 Å². The summed E-state index contributed by atoms with van der Waals surface area (Å²) in [6.07, 6.45) is 0. The van der Waals surface area contributed by atoms with Crippen molar-refractivity contribution in [2.24, 2.45) is 0 Å². The first-order chi connectivity index (χ1) is 13.5. The van der Waals surface area contributed by atoms with Crippen LogP contribution in [0.5, 0.6) is 0 Å². The lowest BCUT2D eigenvalue weighted by Crippen LogP contribution is -2.29. The maximum atomic E-state index is 13.0. The van der Waals surface area contributed by atoms with E-state index in [9.17, 15) is 14.4 Å². The topological polar surface area (TPSA) is 66.5 Å². The fourth-order valence-corrected chi connectivity index (χ4v) is 3.52. The molecule has 3 aromatic carbocycles. The number of nitrogens with one attached hydrogen (secondary N) is 1. The van der Waals surface area contributed by atoms with E-state index in [2.05, 4.69) is 5.32 Å². The van der Waals surface area contributed by atoms with E-state index in [0.29, 0.717) is 16.3 Å². The zero-order chi connectivity index (χ0) is 19.8. The minimum absolute atomic E-state index is 0.174. The Balaban J connectivity index is 1.71. The van der Waals surface area contributed by atoms with E-state index < -0.39 is 17.7 Å². The van der Waals surface area contributed by atoms with Crippen LogP contribution in [0.3, 0.4) is 0 Å². The Kier molecular flexibility index (Phi) is 4.45. The zero-order valence-electron chi connectivity index (χ0n) is 14.9. The van der Waals surface area contributed by atoms with Crippen LogP contribution in [0.1, 0.15) is 36.6 Å². The largest absolute Gasteiger partial charge is 0.321 e. The predicted octanol–water partition coefficient (Wildman–Crippen LogP) is 4.70. The second kappa shape index (κ2) is 6.94. The van der Waals surface area contributed by atoms with Gasteiger partial charge in [0.05, 0.1) is 33.1 Å². The highest BCUT2D eigenvalue weighted by molar-refractivity contribution is 6.37. The molecule has 28 heavy (non-hydrogen) atoms. The van der Waals surface area contributed by atoms with Crippen LogP contribution in [0, 0.1) is 6.92 Å². The predicted molar refractivity (Wildman–Crippen MR) is 108 cm³/mol. The van der Waals surface area contributed by atoms with Crippen molar-refractivity contribution in [2.45, 2.75) is 6.92 Å². The summed E-state index contributed by atoms with van der Waals surface area (Å²) in [7, 11) is 0. The monoisotopic (exact) mass is 390 g/mol. The van der Waals surface area contributed by atoms with Crippen LogP contribution in [0.15, 0.2) is 66.7 Å². The van der Waals surface area contributed by atoms with E-state index in [4.69, 9.17) is 11.6 Å². The number of para-hydroxylation sites is 1. The third-order valence-electron chi connectivity index (χ3n) is 4.55. The van der Waals surface area contributed by atoms with Gasteiger partial charge in [0.2, 0.25) is 0 Å². The highest BCUT2D eigenvalue weighted by Gasteiger charge is 2.38. The molecule has 3 aromatic rings. The third kappa shape index (κ3) is 2.96. The number of anilines is 2. The summed E-state index contributed by atoms with van der Waals surface area (Å²) in [5, 5.41) is 3.04. The number of fused-ring (bicyclic) bond motifs is 1. The molecule has 0 aliphatic carbocycles. The molecular formula is C22H15ClN2O3. The van der Waals surface area contributed by atoms with Gasteiger partial charge in [-0.25, -0.2) is 4.90 Å². The van der Waals surface area contributed by atoms with Crippen LogP contribution < -0.4 is 10.2 Å². The molecule has 0 saturated carbocycles. The lowest BCUT2D eigenvalue weighted by Gasteiger charge is -2.14. The molecule has 1 aliphatic rings. The number of imide groups is 1. The minimum Gasteiger partial charge on any atom is -0.321 e. The summed E-state index contributed by atoms with van der Waals surface area (Å²) >= 11 is 6.17. The average molecular weight is 391 g/mol. The second-order valence-corrected chi connectivity index (χ2v) is 6.85. The summed E-state index contributed by atoms with van der Waals surface area (Å²) in [5.41, 5.74) is 2.40. The number of aryl methyl sites for hydroxylation is 1. The molecular weight excluding hydrogens is 376 g/mol. The molecule has 0 unspecified atom stereocenters. The lowest BCUT2D eigenvalue weighted by atomic mass is 10.1. The molecule has 0 aromatic heterocycles. The van der Waals surface area contributed by atoms with Gasteiger partial charge in [0.15, 0.2) is 0 Å². The van der Waals surface area contributed by atoms with Gasteiger partial charge in [0, 0.05) is 0 Å². The number of nitrogens with zero attached hydrogens (tertiary/aromatic N) is 1. The van der Waals surface area contributed by atoms with Gasteiger partial charge in [-0.2, -0.15) is 0 Å². The van der Waals surface area contributed by atoms with Crippen LogP contribution in [-0.2, 0) is 0 Å². The molecule has 0 spiro atoms. The Labute approximate surface area is 166 Å². The van der Waals surface area contributed by atoms with Crippen molar-refractivity contribution < 1.29 is 14.4 Å². The van der Waals surface area contributed by atoms with Crippen molar-refractivity contribution in [3.05, 3.63) is 94.0 Å². The molecule has 0 bridgehead atoms. The maximum Gasteiger partial charge on any atom is 0.268 e. The fraction of sp³-hybridized carbons (Fsp3) is 0.0455. The van der Waals surface area contributed by atoms with E-state index in [1.165, 1.54) is 0 Å². The van der Waals surface area contributed by atoms with Gasteiger partial charge in [0.25, 0.3) is 17.7 Å². The number of hydrogen-bond acceptors (Lipinski definition) is 3. The van der Waals surface area contributed by atoms with Crippen LogP contribution in [-0.4, -0.2) is 17.7 Å². The molecule has 0 saturated heterocycles. The summed E-state index contributed by atoms with van der Waals surface area (Å²) in [4.78, 5) is 39.6. The van der Waals surface area contributed by atoms with Crippen molar-refractivity contribution >= 4 is 40.7 Å². The van der Waals surface area contributed by atoms with E-state index in [0.717, 1.165) is 10.5 Å². The molecule has 5 nitrogen and oxygen atoms in total. The Hall–Kier alpha value is -3.44. The molecule has 0 atom stereocenters. The van der Waals surface area contributed by atoms with Gasteiger partial charge >= 0.3 is 0 Å². The summed E-state index contributed by atoms with van der Waals surface area (Å²) in [6, 6.07) is 18.6. The molecule has 0 fully saturated rings. The van der Waals surface area contributed by atoms with Crippen LogP contribution >= 0.6 is 11.6 Å². The van der Waals surface area contributed by atoms with Crippen molar-refractivity contribution in [3.8, 4) is 0 Å². The van der Waals surface area contributed by atoms with Gasteiger partial charge < -0.3 is 5.32 Å². The van der Waals surface area contributed by atoms with Crippen molar-refractivity contribution in [2.75, 3.05) is 10.2 Å². The number of amides is 3. The molecule has 138 valence electrons. The Morgan fingerprint density at radius 1 is 0.929 bits per heavy atom. The summed E-state index contributed by atoms with van der Waals surface area (Å²) in [6.45, 7) is 1.88. The lowest BCUT2D eigenvalue weighted by molar-refractivity contribution is 0.0926. The van der Waals surface area contributed by atoms with Gasteiger partial charge in [-0.15, -0.1) is 0 Å². The number of carbonyl (C=O) groups excluding carboxylic acids is 3. The van der Waals surface area contributed by atoms with Crippen LogP contribution in [0.2, 0.25) is 5.02 Å². The Bertz CT molecular complexity index is 1130. The number of hydrogen-bond donors (Lipinski definition) is 1. The summed E-state index contributed by atoms with van der Waals surface area (Å²) in [5.74, 6) is -1.34. The molecule has 1 N–H and O–H groups in total. The smallest absolute Gasteiger partial charge is 0.268 e. The zero-order valence-corrected chi connectivity index (χ0v) is 15.7.